The molecule has 0 spiro atoms. The van der Waals surface area contributed by atoms with E-state index in [2.05, 4.69) is 5.32 Å². The van der Waals surface area contributed by atoms with E-state index < -0.39 is 10.0 Å². The Labute approximate surface area is 167 Å². The number of hydrogen-bond donors (Lipinski definition) is 1. The molecule has 0 radical (unpaired) electrons. The first-order valence-corrected chi connectivity index (χ1v) is 10.6. The van der Waals surface area contributed by atoms with Gasteiger partial charge in [-0.05, 0) is 56.2 Å². The van der Waals surface area contributed by atoms with Crippen LogP contribution in [0.3, 0.4) is 0 Å². The van der Waals surface area contributed by atoms with Gasteiger partial charge in [-0.1, -0.05) is 31.5 Å². The van der Waals surface area contributed by atoms with Gasteiger partial charge in [-0.3, -0.25) is 9.10 Å². The van der Waals surface area contributed by atoms with Crippen molar-refractivity contribution >= 4 is 21.6 Å². The fourth-order valence-electron chi connectivity index (χ4n) is 2.50. The van der Waals surface area contributed by atoms with Crippen molar-refractivity contribution in [2.24, 2.45) is 5.92 Å². The highest BCUT2D eigenvalue weighted by Gasteiger charge is 2.27. The fourth-order valence-corrected chi connectivity index (χ4v) is 3.92. The van der Waals surface area contributed by atoms with Gasteiger partial charge >= 0.3 is 0 Å². The van der Waals surface area contributed by atoms with Gasteiger partial charge in [0.2, 0.25) is 5.91 Å². The number of rotatable bonds is 8. The molecule has 6 nitrogen and oxygen atoms in total. The molecule has 0 saturated carbocycles. The lowest BCUT2D eigenvalue weighted by molar-refractivity contribution is -0.120. The zero-order chi connectivity index (χ0) is 20.9. The molecule has 28 heavy (non-hydrogen) atoms. The van der Waals surface area contributed by atoms with Gasteiger partial charge in [0.1, 0.15) is 12.3 Å². The van der Waals surface area contributed by atoms with Crippen LogP contribution in [0.4, 0.5) is 5.69 Å². The Hall–Kier alpha value is -2.54. The Kier molecular flexibility index (Phi) is 7.07. The van der Waals surface area contributed by atoms with E-state index in [1.165, 1.54) is 7.11 Å². The highest BCUT2D eigenvalue weighted by molar-refractivity contribution is 7.92. The van der Waals surface area contributed by atoms with Gasteiger partial charge in [0.15, 0.2) is 0 Å². The van der Waals surface area contributed by atoms with Crippen LogP contribution in [0.25, 0.3) is 0 Å². The minimum Gasteiger partial charge on any atom is -0.497 e. The predicted molar refractivity (Wildman–Crippen MR) is 111 cm³/mol. The molecule has 2 aromatic carbocycles. The van der Waals surface area contributed by atoms with E-state index in [0.717, 1.165) is 9.87 Å². The number of hydrogen-bond acceptors (Lipinski definition) is 4. The maximum Gasteiger partial charge on any atom is 0.264 e. The van der Waals surface area contributed by atoms with Gasteiger partial charge in [0.05, 0.1) is 17.7 Å². The lowest BCUT2D eigenvalue weighted by Gasteiger charge is -2.26. The maximum atomic E-state index is 13.3. The van der Waals surface area contributed by atoms with E-state index in [1.807, 2.05) is 27.7 Å². The van der Waals surface area contributed by atoms with Crippen LogP contribution in [0.1, 0.15) is 26.3 Å². The molecule has 0 saturated heterocycles. The molecule has 2 rings (SSSR count). The zero-order valence-corrected chi connectivity index (χ0v) is 17.8. The van der Waals surface area contributed by atoms with Crippen molar-refractivity contribution in [3.8, 4) is 5.75 Å². The van der Waals surface area contributed by atoms with Crippen LogP contribution in [-0.2, 0) is 14.8 Å². The summed E-state index contributed by atoms with van der Waals surface area (Å²) < 4.78 is 32.8. The number of benzene rings is 2. The number of ether oxygens (including phenoxy) is 1. The molecule has 1 amide bonds. The van der Waals surface area contributed by atoms with Gasteiger partial charge in [0, 0.05) is 6.04 Å². The molecule has 2 aromatic rings. The number of carbonyl (C=O) groups is 1. The molecule has 0 bridgehead atoms. The number of methoxy groups -OCH3 is 1. The summed E-state index contributed by atoms with van der Waals surface area (Å²) in [4.78, 5) is 12.7. The SMILES string of the molecule is COc1ccc(N(CC(=O)N[C@@H](C)C(C)C)S(=O)(=O)c2ccc(C)cc2)cc1. The normalized spacial score (nSPS) is 12.5. The second-order valence-corrected chi connectivity index (χ2v) is 8.99. The summed E-state index contributed by atoms with van der Waals surface area (Å²) in [5.74, 6) is 0.495. The molecule has 7 heteroatoms. The highest BCUT2D eigenvalue weighted by Crippen LogP contribution is 2.26. The average molecular weight is 405 g/mol. The van der Waals surface area contributed by atoms with Crippen LogP contribution in [0.5, 0.6) is 5.75 Å². The van der Waals surface area contributed by atoms with Gasteiger partial charge in [-0.2, -0.15) is 0 Å². The van der Waals surface area contributed by atoms with Crippen molar-refractivity contribution in [2.45, 2.75) is 38.6 Å². The predicted octanol–water partition coefficient (Wildman–Crippen LogP) is 3.36. The lowest BCUT2D eigenvalue weighted by atomic mass is 10.1. The summed E-state index contributed by atoms with van der Waals surface area (Å²) >= 11 is 0. The molecule has 0 aliphatic carbocycles. The topological polar surface area (TPSA) is 75.7 Å². The van der Waals surface area contributed by atoms with Gasteiger partial charge in [0.25, 0.3) is 10.0 Å². The van der Waals surface area contributed by atoms with Crippen LogP contribution in [0.15, 0.2) is 53.4 Å². The van der Waals surface area contributed by atoms with Gasteiger partial charge in [-0.25, -0.2) is 8.42 Å². The number of nitrogens with zero attached hydrogens (tertiary/aromatic N) is 1. The lowest BCUT2D eigenvalue weighted by Crippen LogP contribution is -2.45. The Bertz CT molecular complexity index is 891. The third kappa shape index (κ3) is 5.25. The molecular weight excluding hydrogens is 376 g/mol. The number of anilines is 1. The van der Waals surface area contributed by atoms with E-state index in [4.69, 9.17) is 4.74 Å². The minimum absolute atomic E-state index is 0.0627. The number of nitrogens with one attached hydrogen (secondary N) is 1. The molecule has 0 heterocycles. The van der Waals surface area contributed by atoms with Crippen molar-refractivity contribution in [2.75, 3.05) is 18.0 Å². The standard InChI is InChI=1S/C21H28N2O4S/c1-15(2)17(4)22-21(24)14-23(18-8-10-19(27-5)11-9-18)28(25,26)20-12-6-16(3)7-13-20/h6-13,15,17H,14H2,1-5H3,(H,22,24)/t17-/m0/s1. The summed E-state index contributed by atoms with van der Waals surface area (Å²) in [5.41, 5.74) is 1.35. The van der Waals surface area contributed by atoms with Crippen LogP contribution < -0.4 is 14.4 Å². The second kappa shape index (κ2) is 9.10. The molecule has 0 aliphatic heterocycles. The molecule has 0 aromatic heterocycles. The Morgan fingerprint density at radius 2 is 1.61 bits per heavy atom. The number of amides is 1. The average Bonchev–Trinajstić information content (AvgIpc) is 2.66. The van der Waals surface area contributed by atoms with E-state index in [9.17, 15) is 13.2 Å². The second-order valence-electron chi connectivity index (χ2n) is 7.12. The van der Waals surface area contributed by atoms with Crippen molar-refractivity contribution in [1.29, 1.82) is 0 Å². The first-order chi connectivity index (χ1) is 13.1. The Balaban J connectivity index is 2.40. The molecule has 0 unspecified atom stereocenters. The van der Waals surface area contributed by atoms with E-state index >= 15 is 0 Å². The molecule has 1 atom stereocenters. The van der Waals surface area contributed by atoms with Crippen molar-refractivity contribution in [3.05, 3.63) is 54.1 Å². The van der Waals surface area contributed by atoms with Crippen LogP contribution >= 0.6 is 0 Å². The first kappa shape index (κ1) is 21.8. The molecule has 152 valence electrons. The summed E-state index contributed by atoms with van der Waals surface area (Å²) in [6, 6.07) is 13.1. The first-order valence-electron chi connectivity index (χ1n) is 9.18. The molecule has 0 fully saturated rings. The smallest absolute Gasteiger partial charge is 0.264 e. The highest BCUT2D eigenvalue weighted by atomic mass is 32.2. The van der Waals surface area contributed by atoms with Crippen molar-refractivity contribution < 1.29 is 17.9 Å². The van der Waals surface area contributed by atoms with E-state index in [1.54, 1.807) is 48.5 Å². The third-order valence-corrected chi connectivity index (χ3v) is 6.43. The monoisotopic (exact) mass is 404 g/mol. The third-order valence-electron chi connectivity index (χ3n) is 4.65. The van der Waals surface area contributed by atoms with Crippen LogP contribution in [0.2, 0.25) is 0 Å². The van der Waals surface area contributed by atoms with Crippen molar-refractivity contribution in [3.63, 3.8) is 0 Å². The summed E-state index contributed by atoms with van der Waals surface area (Å²) in [5, 5.41) is 2.87. The minimum atomic E-state index is -3.91. The van der Waals surface area contributed by atoms with Crippen molar-refractivity contribution in [1.82, 2.24) is 5.32 Å². The number of sulfonamides is 1. The number of aryl methyl sites for hydroxylation is 1. The number of carbonyl (C=O) groups excluding carboxylic acids is 1. The summed E-state index contributed by atoms with van der Waals surface area (Å²) in [6.45, 7) is 7.47. The van der Waals surface area contributed by atoms with Crippen LogP contribution in [-0.4, -0.2) is 34.0 Å². The zero-order valence-electron chi connectivity index (χ0n) is 17.0. The van der Waals surface area contributed by atoms with Gasteiger partial charge in [-0.15, -0.1) is 0 Å². The van der Waals surface area contributed by atoms with E-state index in [-0.39, 0.29) is 29.3 Å². The van der Waals surface area contributed by atoms with E-state index in [0.29, 0.717) is 11.4 Å². The Morgan fingerprint density at radius 3 is 2.11 bits per heavy atom. The largest absolute Gasteiger partial charge is 0.497 e. The fraction of sp³-hybridized carbons (Fsp3) is 0.381. The molecule has 1 N–H and O–H groups in total. The molecular formula is C21H28N2O4S. The summed E-state index contributed by atoms with van der Waals surface area (Å²) in [7, 11) is -2.37. The quantitative estimate of drug-likeness (QED) is 0.732. The van der Waals surface area contributed by atoms with Crippen LogP contribution in [0, 0.1) is 12.8 Å². The maximum absolute atomic E-state index is 13.3. The summed E-state index contributed by atoms with van der Waals surface area (Å²) in [6.07, 6.45) is 0. The van der Waals surface area contributed by atoms with Gasteiger partial charge < -0.3 is 10.1 Å². The molecule has 0 aliphatic rings. The Morgan fingerprint density at radius 1 is 1.04 bits per heavy atom.